The third-order valence-electron chi connectivity index (χ3n) is 6.58. The zero-order valence-electron chi connectivity index (χ0n) is 12.6. The lowest BCUT2D eigenvalue weighted by atomic mass is 9.64. The predicted octanol–water partition coefficient (Wildman–Crippen LogP) is 3.63. The van der Waals surface area contributed by atoms with Gasteiger partial charge in [-0.25, -0.2) is 0 Å². The topological polar surface area (TPSA) is 32.3 Å². The van der Waals surface area contributed by atoms with Crippen molar-refractivity contribution >= 4 is 0 Å². The van der Waals surface area contributed by atoms with Crippen molar-refractivity contribution in [3.63, 3.8) is 0 Å². The third kappa shape index (κ3) is 2.71. The van der Waals surface area contributed by atoms with Crippen LogP contribution in [0.25, 0.3) is 0 Å². The molecule has 0 aromatic heterocycles. The van der Waals surface area contributed by atoms with E-state index in [-0.39, 0.29) is 0 Å². The number of nitrogens with one attached hydrogen (secondary N) is 1. The average molecular weight is 265 g/mol. The van der Waals surface area contributed by atoms with E-state index >= 15 is 0 Å². The second-order valence-corrected chi connectivity index (χ2v) is 7.62. The summed E-state index contributed by atoms with van der Waals surface area (Å²) in [4.78, 5) is 0. The first-order valence-corrected chi connectivity index (χ1v) is 8.62. The molecule has 0 aromatic carbocycles. The average Bonchev–Trinajstić information content (AvgIpc) is 2.92. The Morgan fingerprint density at radius 1 is 1.05 bits per heavy atom. The minimum absolute atomic E-state index is 0.366. The molecule has 1 aliphatic heterocycles. The van der Waals surface area contributed by atoms with Crippen molar-refractivity contribution in [3.05, 3.63) is 0 Å². The van der Waals surface area contributed by atoms with E-state index in [1.807, 2.05) is 0 Å². The van der Waals surface area contributed by atoms with Gasteiger partial charge in [-0.3, -0.25) is 0 Å². The van der Waals surface area contributed by atoms with Gasteiger partial charge >= 0.3 is 0 Å². The molecule has 3 rings (SSSR count). The summed E-state index contributed by atoms with van der Waals surface area (Å²) in [5.41, 5.74) is 0.229. The molecule has 3 aliphatic rings. The van der Waals surface area contributed by atoms with E-state index in [4.69, 9.17) is 0 Å². The minimum atomic E-state index is -0.401. The van der Waals surface area contributed by atoms with Crippen LogP contribution in [0.15, 0.2) is 0 Å². The van der Waals surface area contributed by atoms with Crippen LogP contribution in [0, 0.1) is 11.3 Å². The number of hydrogen-bond donors (Lipinski definition) is 2. The minimum Gasteiger partial charge on any atom is -0.388 e. The van der Waals surface area contributed by atoms with Crippen LogP contribution >= 0.6 is 0 Å². The van der Waals surface area contributed by atoms with E-state index < -0.39 is 5.60 Å². The van der Waals surface area contributed by atoms with E-state index in [0.717, 1.165) is 25.3 Å². The van der Waals surface area contributed by atoms with Gasteiger partial charge in [0.15, 0.2) is 0 Å². The van der Waals surface area contributed by atoms with Gasteiger partial charge in [0.1, 0.15) is 0 Å². The quantitative estimate of drug-likeness (QED) is 0.799. The number of hydrogen-bond acceptors (Lipinski definition) is 2. The van der Waals surface area contributed by atoms with Crippen molar-refractivity contribution in [2.24, 2.45) is 11.3 Å². The molecule has 2 N–H and O–H groups in total. The number of piperidine rings is 1. The molecule has 0 aromatic rings. The normalized spacial score (nSPS) is 37.6. The molecule has 0 radical (unpaired) electrons. The SMILES string of the molecule is CCC1CCNC(C2(O)CCC3(CCCC3)CC2)C1. The fourth-order valence-electron chi connectivity index (χ4n) is 4.96. The summed E-state index contributed by atoms with van der Waals surface area (Å²) in [7, 11) is 0. The van der Waals surface area contributed by atoms with Crippen molar-refractivity contribution < 1.29 is 5.11 Å². The summed E-state index contributed by atoms with van der Waals surface area (Å²) >= 11 is 0. The summed E-state index contributed by atoms with van der Waals surface area (Å²) in [6, 6.07) is 0.366. The smallest absolute Gasteiger partial charge is 0.0800 e. The molecule has 0 bridgehead atoms. The highest BCUT2D eigenvalue weighted by atomic mass is 16.3. The Bertz CT molecular complexity index is 298. The molecular formula is C17H31NO. The summed E-state index contributed by atoms with van der Waals surface area (Å²) in [5.74, 6) is 0.831. The number of rotatable bonds is 2. The Morgan fingerprint density at radius 3 is 2.37 bits per heavy atom. The monoisotopic (exact) mass is 265 g/mol. The van der Waals surface area contributed by atoms with Crippen LogP contribution in [0.3, 0.4) is 0 Å². The van der Waals surface area contributed by atoms with Gasteiger partial charge < -0.3 is 10.4 Å². The molecule has 110 valence electrons. The fraction of sp³-hybridized carbons (Fsp3) is 1.00. The molecule has 1 spiro atoms. The first-order chi connectivity index (χ1) is 9.16. The van der Waals surface area contributed by atoms with Crippen LogP contribution in [-0.4, -0.2) is 23.3 Å². The van der Waals surface area contributed by atoms with Gasteiger partial charge in [-0.1, -0.05) is 26.2 Å². The summed E-state index contributed by atoms with van der Waals surface area (Å²) in [5, 5.41) is 14.7. The summed E-state index contributed by atoms with van der Waals surface area (Å²) < 4.78 is 0. The number of aliphatic hydroxyl groups is 1. The standard InChI is InChI=1S/C17H31NO/c1-2-14-5-12-18-15(13-14)17(19)10-8-16(9-11-17)6-3-4-7-16/h14-15,18-19H,2-13H2,1H3. The van der Waals surface area contributed by atoms with Gasteiger partial charge in [-0.2, -0.15) is 0 Å². The Hall–Kier alpha value is -0.0800. The zero-order valence-corrected chi connectivity index (χ0v) is 12.6. The molecule has 2 saturated carbocycles. The Labute approximate surface area is 118 Å². The lowest BCUT2D eigenvalue weighted by molar-refractivity contribution is -0.0704. The first-order valence-electron chi connectivity index (χ1n) is 8.62. The van der Waals surface area contributed by atoms with E-state index in [1.165, 1.54) is 57.8 Å². The molecular weight excluding hydrogens is 234 g/mol. The zero-order chi connectivity index (χ0) is 13.3. The van der Waals surface area contributed by atoms with Crippen molar-refractivity contribution in [1.29, 1.82) is 0 Å². The van der Waals surface area contributed by atoms with Crippen LogP contribution in [0.4, 0.5) is 0 Å². The van der Waals surface area contributed by atoms with Crippen LogP contribution in [0.1, 0.15) is 77.6 Å². The maximum atomic E-state index is 11.1. The highest BCUT2D eigenvalue weighted by molar-refractivity contribution is 5.02. The van der Waals surface area contributed by atoms with Crippen molar-refractivity contribution in [2.75, 3.05) is 6.54 Å². The Morgan fingerprint density at radius 2 is 1.74 bits per heavy atom. The molecule has 2 aliphatic carbocycles. The highest BCUT2D eigenvalue weighted by Gasteiger charge is 2.47. The Kier molecular flexibility index (Phi) is 3.92. The van der Waals surface area contributed by atoms with Crippen LogP contribution in [-0.2, 0) is 0 Å². The van der Waals surface area contributed by atoms with Crippen LogP contribution < -0.4 is 5.32 Å². The van der Waals surface area contributed by atoms with Gasteiger partial charge in [0.2, 0.25) is 0 Å². The van der Waals surface area contributed by atoms with Crippen LogP contribution in [0.5, 0.6) is 0 Å². The predicted molar refractivity (Wildman–Crippen MR) is 79.1 cm³/mol. The van der Waals surface area contributed by atoms with Gasteiger partial charge in [-0.05, 0) is 69.2 Å². The lowest BCUT2D eigenvalue weighted by Crippen LogP contribution is -2.56. The van der Waals surface area contributed by atoms with Gasteiger partial charge in [-0.15, -0.1) is 0 Å². The molecule has 2 atom stereocenters. The fourth-order valence-corrected chi connectivity index (χ4v) is 4.96. The van der Waals surface area contributed by atoms with Crippen molar-refractivity contribution in [2.45, 2.75) is 89.2 Å². The van der Waals surface area contributed by atoms with Crippen LogP contribution in [0.2, 0.25) is 0 Å². The summed E-state index contributed by atoms with van der Waals surface area (Å²) in [6.45, 7) is 3.40. The van der Waals surface area contributed by atoms with E-state index in [9.17, 15) is 5.11 Å². The van der Waals surface area contributed by atoms with Gasteiger partial charge in [0, 0.05) is 6.04 Å². The Balaban J connectivity index is 1.61. The second kappa shape index (κ2) is 5.37. The highest BCUT2D eigenvalue weighted by Crippen LogP contribution is 2.52. The molecule has 2 heteroatoms. The van der Waals surface area contributed by atoms with Gasteiger partial charge in [0.25, 0.3) is 0 Å². The van der Waals surface area contributed by atoms with Crippen molar-refractivity contribution in [3.8, 4) is 0 Å². The van der Waals surface area contributed by atoms with E-state index in [1.54, 1.807) is 0 Å². The molecule has 3 fully saturated rings. The third-order valence-corrected chi connectivity index (χ3v) is 6.58. The van der Waals surface area contributed by atoms with E-state index in [0.29, 0.717) is 11.5 Å². The van der Waals surface area contributed by atoms with Gasteiger partial charge in [0.05, 0.1) is 5.60 Å². The second-order valence-electron chi connectivity index (χ2n) is 7.62. The lowest BCUT2D eigenvalue weighted by Gasteiger charge is -2.48. The maximum absolute atomic E-state index is 11.1. The molecule has 2 unspecified atom stereocenters. The molecule has 1 saturated heterocycles. The summed E-state index contributed by atoms with van der Waals surface area (Å²) in [6.07, 6.45) is 14.1. The maximum Gasteiger partial charge on any atom is 0.0800 e. The van der Waals surface area contributed by atoms with Crippen molar-refractivity contribution in [1.82, 2.24) is 5.32 Å². The largest absolute Gasteiger partial charge is 0.388 e. The molecule has 0 amide bonds. The van der Waals surface area contributed by atoms with E-state index in [2.05, 4.69) is 12.2 Å². The molecule has 19 heavy (non-hydrogen) atoms. The molecule has 1 heterocycles. The molecule has 2 nitrogen and oxygen atoms in total. The first kappa shape index (κ1) is 13.9.